The van der Waals surface area contributed by atoms with Gasteiger partial charge in [0, 0.05) is 5.69 Å². The number of rotatable bonds is 8. The Hall–Kier alpha value is -4.34. The van der Waals surface area contributed by atoms with Gasteiger partial charge in [0.25, 0.3) is 5.91 Å². The minimum atomic E-state index is -0.295. The summed E-state index contributed by atoms with van der Waals surface area (Å²) in [5.74, 6) is 0.967. The van der Waals surface area contributed by atoms with Crippen LogP contribution in [0, 0.1) is 13.8 Å². The van der Waals surface area contributed by atoms with Gasteiger partial charge in [0.1, 0.15) is 10.7 Å². The second-order valence-electron chi connectivity index (χ2n) is 8.55. The Kier molecular flexibility index (Phi) is 7.57. The second-order valence-corrected chi connectivity index (χ2v) is 9.99. The molecular weight excluding hydrogens is 518 g/mol. The summed E-state index contributed by atoms with van der Waals surface area (Å²) >= 11 is 7.42. The molecule has 8 nitrogen and oxygen atoms in total. The largest absolute Gasteiger partial charge is 0.324 e. The number of thiazole rings is 1. The Bertz CT molecular complexity index is 1550. The van der Waals surface area contributed by atoms with E-state index in [4.69, 9.17) is 11.6 Å². The molecule has 3 aromatic carbocycles. The Morgan fingerprint density at radius 3 is 2.29 bits per heavy atom. The van der Waals surface area contributed by atoms with Crippen LogP contribution in [-0.4, -0.2) is 25.8 Å². The normalized spacial score (nSPS) is 10.7. The average molecular weight is 542 g/mol. The molecule has 5 aromatic rings. The van der Waals surface area contributed by atoms with Crippen molar-refractivity contribution in [1.82, 2.24) is 19.9 Å². The highest BCUT2D eigenvalue weighted by molar-refractivity contribution is 7.17. The van der Waals surface area contributed by atoms with Gasteiger partial charge in [0.05, 0.1) is 16.9 Å². The van der Waals surface area contributed by atoms with Crippen molar-refractivity contribution in [1.29, 1.82) is 0 Å². The maximum absolute atomic E-state index is 12.7. The predicted octanol–water partition coefficient (Wildman–Crippen LogP) is 6.93. The molecule has 3 N–H and O–H groups in total. The van der Waals surface area contributed by atoms with E-state index < -0.39 is 0 Å². The molecule has 5 rings (SSSR count). The Morgan fingerprint density at radius 2 is 1.55 bits per heavy atom. The van der Waals surface area contributed by atoms with Crippen LogP contribution < -0.4 is 16.0 Å². The van der Waals surface area contributed by atoms with Gasteiger partial charge < -0.3 is 10.6 Å². The number of hydrogen-bond acceptors (Lipinski definition) is 8. The summed E-state index contributed by atoms with van der Waals surface area (Å²) in [5, 5.41) is 10.1. The first-order valence-corrected chi connectivity index (χ1v) is 13.0. The number of halogens is 1. The zero-order valence-corrected chi connectivity index (χ0v) is 22.3. The van der Waals surface area contributed by atoms with E-state index in [0.29, 0.717) is 38.4 Å². The Balaban J connectivity index is 1.24. The molecule has 0 radical (unpaired) electrons. The van der Waals surface area contributed by atoms with E-state index in [-0.39, 0.29) is 5.91 Å². The van der Waals surface area contributed by atoms with Crippen LogP contribution in [-0.2, 0) is 6.42 Å². The lowest BCUT2D eigenvalue weighted by Crippen LogP contribution is -2.11. The number of para-hydroxylation sites is 1. The lowest BCUT2D eigenvalue weighted by atomic mass is 10.1. The summed E-state index contributed by atoms with van der Waals surface area (Å²) in [6, 6.07) is 23.9. The Labute approximate surface area is 229 Å². The number of aryl methyl sites for hydroxylation is 2. The molecule has 0 atom stereocenters. The fourth-order valence-electron chi connectivity index (χ4n) is 3.76. The second kappa shape index (κ2) is 11.4. The quantitative estimate of drug-likeness (QED) is 0.195. The molecule has 38 heavy (non-hydrogen) atoms. The van der Waals surface area contributed by atoms with Gasteiger partial charge in [-0.05, 0) is 55.2 Å². The molecule has 190 valence electrons. The molecule has 0 saturated heterocycles. The summed E-state index contributed by atoms with van der Waals surface area (Å²) in [7, 11) is 0. The summed E-state index contributed by atoms with van der Waals surface area (Å²) in [6.07, 6.45) is 2.37. The monoisotopic (exact) mass is 541 g/mol. The van der Waals surface area contributed by atoms with E-state index >= 15 is 0 Å². The summed E-state index contributed by atoms with van der Waals surface area (Å²) in [4.78, 5) is 30.7. The molecule has 0 fully saturated rings. The van der Waals surface area contributed by atoms with Gasteiger partial charge in [-0.25, -0.2) is 4.98 Å². The van der Waals surface area contributed by atoms with Crippen molar-refractivity contribution >= 4 is 57.2 Å². The third-order valence-electron chi connectivity index (χ3n) is 5.62. The highest BCUT2D eigenvalue weighted by atomic mass is 35.5. The SMILES string of the molecule is Cc1nc(Nc2ccc(Cc3ccccc3)cc2)nc(Nc2ncc(C(=O)Nc3c(C)cccc3Cl)s2)n1. The lowest BCUT2D eigenvalue weighted by molar-refractivity contribution is 0.103. The van der Waals surface area contributed by atoms with Crippen molar-refractivity contribution in [3.8, 4) is 0 Å². The zero-order valence-electron chi connectivity index (χ0n) is 20.7. The molecule has 0 unspecified atom stereocenters. The molecule has 10 heteroatoms. The number of benzene rings is 3. The van der Waals surface area contributed by atoms with Crippen molar-refractivity contribution in [2.45, 2.75) is 20.3 Å². The molecule has 2 heterocycles. The van der Waals surface area contributed by atoms with Gasteiger partial charge in [0.15, 0.2) is 5.13 Å². The summed E-state index contributed by atoms with van der Waals surface area (Å²) in [6.45, 7) is 3.67. The number of carbonyl (C=O) groups excluding carboxylic acids is 1. The molecule has 1 amide bonds. The number of nitrogens with zero attached hydrogens (tertiary/aromatic N) is 4. The first-order valence-electron chi connectivity index (χ1n) is 11.8. The highest BCUT2D eigenvalue weighted by Crippen LogP contribution is 2.28. The topological polar surface area (TPSA) is 105 Å². The first-order chi connectivity index (χ1) is 18.4. The fraction of sp³-hybridized carbons (Fsp3) is 0.107. The summed E-state index contributed by atoms with van der Waals surface area (Å²) < 4.78 is 0. The number of anilines is 5. The van der Waals surface area contributed by atoms with Gasteiger partial charge in [-0.2, -0.15) is 15.0 Å². The molecule has 2 aromatic heterocycles. The van der Waals surface area contributed by atoms with Gasteiger partial charge in [-0.1, -0.05) is 77.5 Å². The minimum absolute atomic E-state index is 0.295. The third kappa shape index (κ3) is 6.31. The van der Waals surface area contributed by atoms with Gasteiger partial charge in [-0.3, -0.25) is 10.1 Å². The number of carbonyl (C=O) groups is 1. The molecule has 0 aliphatic heterocycles. The number of nitrogens with one attached hydrogen (secondary N) is 3. The van der Waals surface area contributed by atoms with Crippen LogP contribution in [0.15, 0.2) is 79.0 Å². The molecule has 0 saturated carbocycles. The van der Waals surface area contributed by atoms with Crippen LogP contribution >= 0.6 is 22.9 Å². The maximum Gasteiger partial charge on any atom is 0.267 e. The van der Waals surface area contributed by atoms with Crippen molar-refractivity contribution < 1.29 is 4.79 Å². The first kappa shape index (κ1) is 25.3. The van der Waals surface area contributed by atoms with Crippen LogP contribution in [0.25, 0.3) is 0 Å². The van der Waals surface area contributed by atoms with Crippen molar-refractivity contribution in [3.05, 3.63) is 111 Å². The molecular formula is C28H24ClN7OS. The number of hydrogen-bond donors (Lipinski definition) is 3. The summed E-state index contributed by atoms with van der Waals surface area (Å²) in [5.41, 5.74) is 4.80. The van der Waals surface area contributed by atoms with E-state index in [1.807, 2.05) is 49.4 Å². The lowest BCUT2D eigenvalue weighted by Gasteiger charge is -2.09. The van der Waals surface area contributed by atoms with Crippen molar-refractivity contribution in [2.75, 3.05) is 16.0 Å². The van der Waals surface area contributed by atoms with E-state index in [9.17, 15) is 4.79 Å². The van der Waals surface area contributed by atoms with Crippen LogP contribution in [0.2, 0.25) is 5.02 Å². The highest BCUT2D eigenvalue weighted by Gasteiger charge is 2.15. The van der Waals surface area contributed by atoms with E-state index in [1.54, 1.807) is 13.0 Å². The smallest absolute Gasteiger partial charge is 0.267 e. The minimum Gasteiger partial charge on any atom is -0.324 e. The van der Waals surface area contributed by atoms with Crippen molar-refractivity contribution in [2.24, 2.45) is 0 Å². The van der Waals surface area contributed by atoms with Crippen LogP contribution in [0.3, 0.4) is 0 Å². The number of amides is 1. The zero-order chi connectivity index (χ0) is 26.5. The molecule has 0 bridgehead atoms. The van der Waals surface area contributed by atoms with Gasteiger partial charge >= 0.3 is 0 Å². The molecule has 0 aliphatic rings. The third-order valence-corrected chi connectivity index (χ3v) is 6.84. The van der Waals surface area contributed by atoms with Crippen LogP contribution in [0.4, 0.5) is 28.4 Å². The van der Waals surface area contributed by atoms with Gasteiger partial charge in [0.2, 0.25) is 11.9 Å². The number of aromatic nitrogens is 4. The predicted molar refractivity (Wildman–Crippen MR) is 153 cm³/mol. The van der Waals surface area contributed by atoms with E-state index in [1.165, 1.54) is 28.7 Å². The average Bonchev–Trinajstić information content (AvgIpc) is 3.36. The van der Waals surface area contributed by atoms with Gasteiger partial charge in [-0.15, -0.1) is 0 Å². The Morgan fingerprint density at radius 1 is 0.842 bits per heavy atom. The molecule has 0 spiro atoms. The standard InChI is InChI=1S/C28H24ClN7OS/c1-17-7-6-10-22(29)24(17)34-25(37)23-16-30-28(38-23)36-27-32-18(2)31-26(35-27)33-21-13-11-20(12-14-21)15-19-8-4-3-5-9-19/h3-14,16H,15H2,1-2H3,(H,34,37)(H2,30,31,32,33,35,36). The van der Waals surface area contributed by atoms with Crippen LogP contribution in [0.5, 0.6) is 0 Å². The maximum atomic E-state index is 12.7. The van der Waals surface area contributed by atoms with Crippen LogP contribution in [0.1, 0.15) is 32.2 Å². The molecule has 0 aliphatic carbocycles. The fourth-order valence-corrected chi connectivity index (χ4v) is 4.73. The van der Waals surface area contributed by atoms with E-state index in [2.05, 4.69) is 60.2 Å². The van der Waals surface area contributed by atoms with E-state index in [0.717, 1.165) is 17.7 Å². The van der Waals surface area contributed by atoms with Crippen molar-refractivity contribution in [3.63, 3.8) is 0 Å².